The van der Waals surface area contributed by atoms with Crippen LogP contribution >= 0.6 is 24.2 Å². The smallest absolute Gasteiger partial charge is 0.0499 e. The molecule has 7 heavy (non-hydrogen) atoms. The molecule has 4 heteroatoms. The van der Waals surface area contributed by atoms with Crippen LogP contribution in [0.5, 0.6) is 0 Å². The van der Waals surface area contributed by atoms with Gasteiger partial charge in [0.2, 0.25) is 0 Å². The number of nitrogens with zero attached hydrogens (tertiary/aromatic N) is 1. The predicted molar refractivity (Wildman–Crippen MR) is 40.7 cm³/mol. The van der Waals surface area contributed by atoms with Crippen LogP contribution in [0.2, 0.25) is 0 Å². The SMILES string of the molecule is CN(C)SC=S.[Na]. The normalized spacial score (nSPS) is 7.86. The topological polar surface area (TPSA) is 3.24 Å². The van der Waals surface area contributed by atoms with Gasteiger partial charge in [0.15, 0.2) is 0 Å². The molecule has 0 aliphatic carbocycles. The Morgan fingerprint density at radius 3 is 2.00 bits per heavy atom. The molecule has 0 bridgehead atoms. The summed E-state index contributed by atoms with van der Waals surface area (Å²) in [6.07, 6.45) is 0. The molecular weight excluding hydrogens is 137 g/mol. The van der Waals surface area contributed by atoms with E-state index in [1.165, 1.54) is 11.9 Å². The molecule has 1 radical (unpaired) electrons. The van der Waals surface area contributed by atoms with Gasteiger partial charge in [-0.25, -0.2) is 0 Å². The van der Waals surface area contributed by atoms with Crippen molar-refractivity contribution in [3.63, 3.8) is 0 Å². The summed E-state index contributed by atoms with van der Waals surface area (Å²) in [5.74, 6) is 0. The molecule has 0 atom stereocenters. The molecule has 0 amide bonds. The van der Waals surface area contributed by atoms with E-state index in [-0.39, 0.29) is 29.6 Å². The van der Waals surface area contributed by atoms with Crippen LogP contribution in [0, 0.1) is 0 Å². The van der Waals surface area contributed by atoms with Gasteiger partial charge in [0, 0.05) is 34.3 Å². The summed E-state index contributed by atoms with van der Waals surface area (Å²) in [7, 11) is 3.90. The standard InChI is InChI=1S/C3H7NS2.Na/c1-4(2)6-3-5;/h3H,1-2H3;. The van der Waals surface area contributed by atoms with Crippen molar-refractivity contribution in [2.24, 2.45) is 0 Å². The van der Waals surface area contributed by atoms with Gasteiger partial charge in [0.25, 0.3) is 0 Å². The molecule has 0 rings (SSSR count). The molecule has 0 aliphatic rings. The van der Waals surface area contributed by atoms with Crippen LogP contribution < -0.4 is 0 Å². The predicted octanol–water partition coefficient (Wildman–Crippen LogP) is 0.773. The molecule has 0 aromatic carbocycles. The minimum Gasteiger partial charge on any atom is -0.252 e. The van der Waals surface area contributed by atoms with Crippen molar-refractivity contribution in [3.8, 4) is 0 Å². The zero-order chi connectivity index (χ0) is 4.99. The molecule has 1 nitrogen and oxygen atoms in total. The largest absolute Gasteiger partial charge is 0.252 e. The fourth-order valence-electron chi connectivity index (χ4n) is 0.0861. The maximum Gasteiger partial charge on any atom is 0.0499 e. The zero-order valence-corrected chi connectivity index (χ0v) is 8.47. The third-order valence-corrected chi connectivity index (χ3v) is 1.02. The first kappa shape index (κ1) is 11.2. The van der Waals surface area contributed by atoms with Crippen LogP contribution in [-0.4, -0.2) is 52.7 Å². The number of hydrogen-bond donors (Lipinski definition) is 0. The van der Waals surface area contributed by atoms with Crippen LogP contribution in [0.4, 0.5) is 0 Å². The Labute approximate surface area is 76.3 Å². The molecule has 0 saturated heterocycles. The van der Waals surface area contributed by atoms with E-state index < -0.39 is 0 Å². The molecule has 0 spiro atoms. The quantitative estimate of drug-likeness (QED) is 0.320. The Balaban J connectivity index is 0. The van der Waals surface area contributed by atoms with Gasteiger partial charge in [-0.15, -0.1) is 0 Å². The summed E-state index contributed by atoms with van der Waals surface area (Å²) < 4.78 is 3.56. The van der Waals surface area contributed by atoms with Gasteiger partial charge in [-0.05, 0) is 26.0 Å². The van der Waals surface area contributed by atoms with Crippen molar-refractivity contribution >= 4 is 58.4 Å². The van der Waals surface area contributed by atoms with Crippen LogP contribution in [-0.2, 0) is 0 Å². The third-order valence-electron chi connectivity index (χ3n) is 0.254. The summed E-state index contributed by atoms with van der Waals surface area (Å²) in [6.45, 7) is 0. The van der Waals surface area contributed by atoms with Crippen LogP contribution in [0.15, 0.2) is 0 Å². The second kappa shape index (κ2) is 7.40. The summed E-state index contributed by atoms with van der Waals surface area (Å²) in [6, 6.07) is 0. The van der Waals surface area contributed by atoms with E-state index >= 15 is 0 Å². The Morgan fingerprint density at radius 2 is 2.00 bits per heavy atom. The van der Waals surface area contributed by atoms with Crippen molar-refractivity contribution < 1.29 is 0 Å². The second-order valence-electron chi connectivity index (χ2n) is 1.01. The van der Waals surface area contributed by atoms with Gasteiger partial charge in [0.1, 0.15) is 0 Å². The van der Waals surface area contributed by atoms with E-state index in [1.54, 1.807) is 4.70 Å². The van der Waals surface area contributed by atoms with E-state index in [9.17, 15) is 0 Å². The molecule has 0 aromatic heterocycles. The van der Waals surface area contributed by atoms with Gasteiger partial charge in [0.05, 0.1) is 0 Å². The van der Waals surface area contributed by atoms with Gasteiger partial charge in [-0.2, -0.15) is 0 Å². The second-order valence-corrected chi connectivity index (χ2v) is 2.72. The molecular formula is C3H7NNaS2. The first-order valence-corrected chi connectivity index (χ1v) is 2.86. The minimum absolute atomic E-state index is 0. The Hall–Kier alpha value is 1.40. The zero-order valence-electron chi connectivity index (χ0n) is 4.84. The van der Waals surface area contributed by atoms with Gasteiger partial charge < -0.3 is 0 Å². The monoisotopic (exact) mass is 144 g/mol. The van der Waals surface area contributed by atoms with Crippen molar-refractivity contribution in [3.05, 3.63) is 0 Å². The molecule has 0 fully saturated rings. The molecule has 0 unspecified atom stereocenters. The van der Waals surface area contributed by atoms with E-state index in [4.69, 9.17) is 0 Å². The molecule has 0 aliphatic heterocycles. The van der Waals surface area contributed by atoms with Crippen molar-refractivity contribution in [2.45, 2.75) is 0 Å². The first-order valence-electron chi connectivity index (χ1n) is 1.55. The average molecular weight is 144 g/mol. The number of thiocarbonyl (C=S) groups is 1. The van der Waals surface area contributed by atoms with Crippen LogP contribution in [0.1, 0.15) is 0 Å². The molecule has 0 saturated carbocycles. The molecule has 0 aromatic rings. The summed E-state index contributed by atoms with van der Waals surface area (Å²) in [4.78, 5) is 0. The summed E-state index contributed by atoms with van der Waals surface area (Å²) in [5, 5.41) is 0. The summed E-state index contributed by atoms with van der Waals surface area (Å²) >= 11 is 6.03. The average Bonchev–Trinajstić information content (AvgIpc) is 1.35. The van der Waals surface area contributed by atoms with Crippen LogP contribution in [0.3, 0.4) is 0 Å². The van der Waals surface area contributed by atoms with Gasteiger partial charge in [-0.1, -0.05) is 12.2 Å². The van der Waals surface area contributed by atoms with Crippen LogP contribution in [0.25, 0.3) is 0 Å². The fraction of sp³-hybridized carbons (Fsp3) is 0.667. The van der Waals surface area contributed by atoms with Crippen molar-refractivity contribution in [1.29, 1.82) is 0 Å². The fourth-order valence-corrected chi connectivity index (χ4v) is 0.775. The Morgan fingerprint density at radius 1 is 1.57 bits per heavy atom. The van der Waals surface area contributed by atoms with E-state index in [0.29, 0.717) is 0 Å². The van der Waals surface area contributed by atoms with E-state index in [2.05, 4.69) is 12.2 Å². The maximum atomic E-state index is 4.52. The van der Waals surface area contributed by atoms with Crippen molar-refractivity contribution in [2.75, 3.05) is 14.1 Å². The molecule has 37 valence electrons. The third kappa shape index (κ3) is 11.1. The molecule has 0 heterocycles. The Bertz CT molecular complexity index is 48.2. The minimum atomic E-state index is 0. The van der Waals surface area contributed by atoms with Crippen molar-refractivity contribution in [1.82, 2.24) is 4.31 Å². The number of rotatable bonds is 2. The summed E-state index contributed by atoms with van der Waals surface area (Å²) in [5.41, 5.74) is 0. The molecule has 0 N–H and O–H groups in total. The van der Waals surface area contributed by atoms with E-state index in [0.717, 1.165) is 0 Å². The van der Waals surface area contributed by atoms with E-state index in [1.807, 2.05) is 18.4 Å². The van der Waals surface area contributed by atoms with Gasteiger partial charge in [-0.3, -0.25) is 4.31 Å². The first-order chi connectivity index (χ1) is 2.77. The maximum absolute atomic E-state index is 4.52. The van der Waals surface area contributed by atoms with Gasteiger partial charge >= 0.3 is 0 Å². The Kier molecular flexibility index (Phi) is 11.9. The number of hydrogen-bond acceptors (Lipinski definition) is 3.